The van der Waals surface area contributed by atoms with Crippen molar-refractivity contribution in [2.45, 2.75) is 37.9 Å². The van der Waals surface area contributed by atoms with Gasteiger partial charge in [-0.15, -0.1) is 0 Å². The number of alkyl halides is 2. The minimum absolute atomic E-state index is 0.100. The van der Waals surface area contributed by atoms with Crippen LogP contribution in [0.4, 0.5) is 8.78 Å². The van der Waals surface area contributed by atoms with Crippen LogP contribution in [0, 0.1) is 0 Å². The van der Waals surface area contributed by atoms with E-state index in [1.54, 1.807) is 0 Å². The summed E-state index contributed by atoms with van der Waals surface area (Å²) in [5, 5.41) is -1.23. The molecule has 0 aromatic carbocycles. The Morgan fingerprint density at radius 3 is 1.93 bits per heavy atom. The van der Waals surface area contributed by atoms with Crippen molar-refractivity contribution in [1.82, 2.24) is 5.32 Å². The fraction of sp³-hybridized carbons (Fsp3) is 1.00. The van der Waals surface area contributed by atoms with Crippen LogP contribution in [0.3, 0.4) is 0 Å². The maximum atomic E-state index is 12.4. The van der Waals surface area contributed by atoms with Crippen LogP contribution in [0.2, 0.25) is 0 Å². The largest absolute Gasteiger partial charge is 0.370 e. The third-order valence-electron chi connectivity index (χ3n) is 1.45. The first-order valence-corrected chi connectivity index (χ1v) is 6.10. The molecule has 0 atom stereocenters. The van der Waals surface area contributed by atoms with E-state index in [1.165, 1.54) is 0 Å². The van der Waals surface area contributed by atoms with Crippen LogP contribution < -0.4 is 5.32 Å². The molecule has 0 aliphatic rings. The van der Waals surface area contributed by atoms with Gasteiger partial charge < -0.3 is 5.32 Å². The molecule has 7 heteroatoms. The molecule has 0 saturated heterocycles. The Labute approximate surface area is 89.8 Å². The van der Waals surface area contributed by atoms with Crippen molar-refractivity contribution in [3.8, 4) is 0 Å². The molecule has 0 heterocycles. The average molecular weight is 247 g/mol. The lowest BCUT2D eigenvalue weighted by molar-refractivity contribution is 0.0685. The third-order valence-corrected chi connectivity index (χ3v) is 2.41. The van der Waals surface area contributed by atoms with Crippen molar-refractivity contribution in [1.29, 1.82) is 0 Å². The second kappa shape index (κ2) is 7.95. The van der Waals surface area contributed by atoms with Gasteiger partial charge >= 0.3 is 15.4 Å². The predicted molar refractivity (Wildman–Crippen MR) is 55.6 cm³/mol. The molecule has 0 radical (unpaired) electrons. The van der Waals surface area contributed by atoms with Gasteiger partial charge in [0.25, 0.3) is 0 Å². The van der Waals surface area contributed by atoms with E-state index in [9.17, 15) is 17.2 Å². The van der Waals surface area contributed by atoms with Crippen LogP contribution in [-0.2, 0) is 10.1 Å². The van der Waals surface area contributed by atoms with Gasteiger partial charge in [-0.3, -0.25) is 4.55 Å². The minimum atomic E-state index is -5.22. The van der Waals surface area contributed by atoms with Crippen LogP contribution >= 0.6 is 0 Å². The Bertz CT molecular complexity index is 242. The van der Waals surface area contributed by atoms with E-state index in [1.807, 2.05) is 21.0 Å². The standard InChI is InChI=1S/C6H12F2O3S.C2H7N/c1-2-3-4-5-6(7,8)12(9,10)11;1-3-2/h2-5H2,1H3,(H,9,10,11);3H,1-2H3. The second-order valence-electron chi connectivity index (χ2n) is 3.07. The summed E-state index contributed by atoms with van der Waals surface area (Å²) >= 11 is 0. The van der Waals surface area contributed by atoms with E-state index >= 15 is 0 Å². The molecular weight excluding hydrogens is 228 g/mol. The molecule has 0 aromatic heterocycles. The van der Waals surface area contributed by atoms with Crippen LogP contribution in [0.5, 0.6) is 0 Å². The van der Waals surface area contributed by atoms with Crippen LogP contribution in [0.15, 0.2) is 0 Å². The van der Waals surface area contributed by atoms with Gasteiger partial charge in [0.2, 0.25) is 0 Å². The quantitative estimate of drug-likeness (QED) is 0.575. The normalized spacial score (nSPS) is 11.9. The third kappa shape index (κ3) is 8.71. The van der Waals surface area contributed by atoms with Gasteiger partial charge in [0, 0.05) is 6.42 Å². The second-order valence-corrected chi connectivity index (χ2v) is 4.62. The van der Waals surface area contributed by atoms with Gasteiger partial charge in [-0.2, -0.15) is 17.2 Å². The summed E-state index contributed by atoms with van der Waals surface area (Å²) < 4.78 is 53.0. The molecule has 0 bridgehead atoms. The number of hydrogen-bond acceptors (Lipinski definition) is 3. The van der Waals surface area contributed by atoms with Crippen molar-refractivity contribution < 1.29 is 21.8 Å². The Morgan fingerprint density at radius 1 is 1.27 bits per heavy atom. The van der Waals surface area contributed by atoms with E-state index in [4.69, 9.17) is 4.55 Å². The van der Waals surface area contributed by atoms with Crippen LogP contribution in [-0.4, -0.2) is 32.3 Å². The van der Waals surface area contributed by atoms with Crippen molar-refractivity contribution in [2.24, 2.45) is 0 Å². The number of hydrogen-bond donors (Lipinski definition) is 2. The molecule has 94 valence electrons. The minimum Gasteiger partial charge on any atom is -0.323 e. The molecule has 0 aliphatic carbocycles. The zero-order valence-corrected chi connectivity index (χ0v) is 10.1. The molecule has 0 unspecified atom stereocenters. The van der Waals surface area contributed by atoms with E-state index in [0.29, 0.717) is 6.42 Å². The predicted octanol–water partition coefficient (Wildman–Crippen LogP) is 1.88. The zero-order valence-electron chi connectivity index (χ0n) is 9.26. The maximum Gasteiger partial charge on any atom is 0.370 e. The van der Waals surface area contributed by atoms with E-state index in [0.717, 1.165) is 6.42 Å². The van der Waals surface area contributed by atoms with E-state index in [-0.39, 0.29) is 6.42 Å². The van der Waals surface area contributed by atoms with Gasteiger partial charge in [-0.25, -0.2) is 0 Å². The van der Waals surface area contributed by atoms with Crippen LogP contribution in [0.1, 0.15) is 32.6 Å². The van der Waals surface area contributed by atoms with Crippen molar-refractivity contribution in [2.75, 3.05) is 14.1 Å². The zero-order chi connectivity index (χ0) is 12.5. The summed E-state index contributed by atoms with van der Waals surface area (Å²) in [7, 11) is -1.47. The fourth-order valence-electron chi connectivity index (χ4n) is 0.710. The molecule has 2 N–H and O–H groups in total. The monoisotopic (exact) mass is 247 g/mol. The van der Waals surface area contributed by atoms with Gasteiger partial charge in [0.15, 0.2) is 0 Å². The number of nitrogens with one attached hydrogen (secondary N) is 1. The molecule has 0 aliphatic heterocycles. The number of unbranched alkanes of at least 4 members (excludes halogenated alkanes) is 2. The van der Waals surface area contributed by atoms with Crippen molar-refractivity contribution >= 4 is 10.1 Å². The van der Waals surface area contributed by atoms with E-state index in [2.05, 4.69) is 5.32 Å². The molecule has 0 saturated carbocycles. The lowest BCUT2D eigenvalue weighted by Gasteiger charge is -2.11. The van der Waals surface area contributed by atoms with Crippen molar-refractivity contribution in [3.63, 3.8) is 0 Å². The number of halogens is 2. The first-order chi connectivity index (χ1) is 6.72. The number of rotatable bonds is 5. The molecule has 15 heavy (non-hydrogen) atoms. The van der Waals surface area contributed by atoms with Gasteiger partial charge in [-0.1, -0.05) is 19.8 Å². The maximum absolute atomic E-state index is 12.4. The van der Waals surface area contributed by atoms with E-state index < -0.39 is 21.8 Å². The lowest BCUT2D eigenvalue weighted by Crippen LogP contribution is -2.27. The first kappa shape index (κ1) is 17.1. The molecule has 0 aromatic rings. The smallest absolute Gasteiger partial charge is 0.323 e. The highest BCUT2D eigenvalue weighted by Crippen LogP contribution is 2.26. The summed E-state index contributed by atoms with van der Waals surface area (Å²) in [5.74, 6) is 0. The Balaban J connectivity index is 0. The molecule has 0 fully saturated rings. The Hall–Kier alpha value is -0.270. The molecule has 0 amide bonds. The lowest BCUT2D eigenvalue weighted by atomic mass is 10.2. The first-order valence-electron chi connectivity index (χ1n) is 4.66. The Kier molecular flexibility index (Phi) is 9.08. The van der Waals surface area contributed by atoms with Crippen LogP contribution in [0.25, 0.3) is 0 Å². The highest BCUT2D eigenvalue weighted by Gasteiger charge is 2.42. The van der Waals surface area contributed by atoms with Gasteiger partial charge in [0.05, 0.1) is 0 Å². The summed E-state index contributed by atoms with van der Waals surface area (Å²) in [6, 6.07) is 0. The molecule has 0 rings (SSSR count). The highest BCUT2D eigenvalue weighted by molar-refractivity contribution is 7.86. The molecule has 0 spiro atoms. The topological polar surface area (TPSA) is 66.4 Å². The summed E-state index contributed by atoms with van der Waals surface area (Å²) in [6.45, 7) is 1.81. The summed E-state index contributed by atoms with van der Waals surface area (Å²) in [5.41, 5.74) is 0. The average Bonchev–Trinajstić information content (AvgIpc) is 2.03. The Morgan fingerprint density at radius 2 is 1.67 bits per heavy atom. The summed E-state index contributed by atoms with van der Waals surface area (Å²) in [6.07, 6.45) is 0.551. The van der Waals surface area contributed by atoms with Gasteiger partial charge in [0.1, 0.15) is 0 Å². The highest BCUT2D eigenvalue weighted by atomic mass is 32.2. The molecule has 4 nitrogen and oxygen atoms in total. The SMILES string of the molecule is CCCCCC(F)(F)S(=O)(=O)O.CNC. The molecular formula is C8H19F2NO3S. The summed E-state index contributed by atoms with van der Waals surface area (Å²) in [4.78, 5) is 0. The van der Waals surface area contributed by atoms with Gasteiger partial charge in [-0.05, 0) is 20.5 Å². The van der Waals surface area contributed by atoms with Crippen molar-refractivity contribution in [3.05, 3.63) is 0 Å². The fourth-order valence-corrected chi connectivity index (χ4v) is 1.11.